The van der Waals surface area contributed by atoms with Crippen LogP contribution in [-0.2, 0) is 13.2 Å². The summed E-state index contributed by atoms with van der Waals surface area (Å²) in [7, 11) is 1.67. The van der Waals surface area contributed by atoms with Crippen molar-refractivity contribution in [2.75, 3.05) is 30.4 Å². The molecular formula is C27H31ClN2O2. The molecule has 3 aromatic rings. The lowest BCUT2D eigenvalue weighted by Gasteiger charge is -2.29. The SMILES string of the molecule is COc1cccc(CNc2ccc(N3CCCCC3)c(Cl)c2)c1OCc1ccccc1C. The van der Waals surface area contributed by atoms with Crippen molar-refractivity contribution >= 4 is 23.0 Å². The number of nitrogens with one attached hydrogen (secondary N) is 1. The number of methoxy groups -OCH3 is 1. The van der Waals surface area contributed by atoms with Crippen molar-refractivity contribution < 1.29 is 9.47 Å². The molecule has 1 aliphatic heterocycles. The number of ether oxygens (including phenoxy) is 2. The lowest BCUT2D eigenvalue weighted by Crippen LogP contribution is -2.29. The van der Waals surface area contributed by atoms with E-state index in [0.717, 1.165) is 52.1 Å². The minimum absolute atomic E-state index is 0.496. The van der Waals surface area contributed by atoms with Crippen molar-refractivity contribution in [2.45, 2.75) is 39.3 Å². The van der Waals surface area contributed by atoms with E-state index < -0.39 is 0 Å². The number of rotatable bonds is 8. The first-order valence-corrected chi connectivity index (χ1v) is 11.6. The van der Waals surface area contributed by atoms with Crippen LogP contribution in [0.1, 0.15) is 36.0 Å². The fraction of sp³-hybridized carbons (Fsp3) is 0.333. The molecule has 4 rings (SSSR count). The van der Waals surface area contributed by atoms with Gasteiger partial charge in [-0.1, -0.05) is 48.0 Å². The van der Waals surface area contributed by atoms with Crippen molar-refractivity contribution in [3.8, 4) is 11.5 Å². The van der Waals surface area contributed by atoms with Gasteiger partial charge in [-0.25, -0.2) is 0 Å². The average Bonchev–Trinajstić information content (AvgIpc) is 2.83. The zero-order valence-electron chi connectivity index (χ0n) is 18.9. The highest BCUT2D eigenvalue weighted by molar-refractivity contribution is 6.33. The zero-order chi connectivity index (χ0) is 22.3. The highest BCUT2D eigenvalue weighted by atomic mass is 35.5. The number of piperidine rings is 1. The summed E-state index contributed by atoms with van der Waals surface area (Å²) in [6, 6.07) is 20.5. The molecule has 5 heteroatoms. The second-order valence-electron chi connectivity index (χ2n) is 8.23. The lowest BCUT2D eigenvalue weighted by molar-refractivity contribution is 0.281. The van der Waals surface area contributed by atoms with Gasteiger partial charge < -0.3 is 19.7 Å². The molecule has 168 valence electrons. The smallest absolute Gasteiger partial charge is 0.166 e. The van der Waals surface area contributed by atoms with Gasteiger partial charge in [-0.15, -0.1) is 0 Å². The van der Waals surface area contributed by atoms with E-state index in [9.17, 15) is 0 Å². The lowest BCUT2D eigenvalue weighted by atomic mass is 10.1. The molecule has 0 spiro atoms. The standard InChI is InChI=1S/C27H31ClN2O2/c1-20-9-4-5-10-22(20)19-32-27-21(11-8-12-26(27)31-2)18-29-23-13-14-25(24(28)17-23)30-15-6-3-7-16-30/h4-5,8-14,17,29H,3,6-7,15-16,18-19H2,1-2H3. The van der Waals surface area contributed by atoms with Crippen molar-refractivity contribution in [3.63, 3.8) is 0 Å². The molecular weight excluding hydrogens is 420 g/mol. The molecule has 0 atom stereocenters. The largest absolute Gasteiger partial charge is 0.493 e. The second-order valence-corrected chi connectivity index (χ2v) is 8.64. The topological polar surface area (TPSA) is 33.7 Å². The van der Waals surface area contributed by atoms with Gasteiger partial charge in [-0.2, -0.15) is 0 Å². The molecule has 0 aromatic heterocycles. The maximum Gasteiger partial charge on any atom is 0.166 e. The van der Waals surface area contributed by atoms with Gasteiger partial charge in [0, 0.05) is 30.9 Å². The Balaban J connectivity index is 1.47. The van der Waals surface area contributed by atoms with E-state index in [1.807, 2.05) is 30.3 Å². The molecule has 1 saturated heterocycles. The van der Waals surface area contributed by atoms with E-state index in [2.05, 4.69) is 47.5 Å². The molecule has 3 aromatic carbocycles. The van der Waals surface area contributed by atoms with E-state index in [-0.39, 0.29) is 0 Å². The van der Waals surface area contributed by atoms with Crippen LogP contribution in [0.2, 0.25) is 5.02 Å². The quantitative estimate of drug-likeness (QED) is 0.407. The number of halogens is 1. The van der Waals surface area contributed by atoms with Gasteiger partial charge in [0.2, 0.25) is 0 Å². The molecule has 4 nitrogen and oxygen atoms in total. The number of para-hydroxylation sites is 1. The molecule has 1 fully saturated rings. The third kappa shape index (κ3) is 5.31. The number of hydrogen-bond acceptors (Lipinski definition) is 4. The number of hydrogen-bond donors (Lipinski definition) is 1. The Morgan fingerprint density at radius 3 is 2.47 bits per heavy atom. The van der Waals surface area contributed by atoms with Crippen LogP contribution < -0.4 is 19.7 Å². The Hall–Kier alpha value is -2.85. The van der Waals surface area contributed by atoms with Gasteiger partial charge in [-0.3, -0.25) is 0 Å². The predicted molar refractivity (Wildman–Crippen MR) is 133 cm³/mol. The maximum atomic E-state index is 6.63. The van der Waals surface area contributed by atoms with Crippen LogP contribution in [-0.4, -0.2) is 20.2 Å². The van der Waals surface area contributed by atoms with Crippen LogP contribution in [0.5, 0.6) is 11.5 Å². The summed E-state index contributed by atoms with van der Waals surface area (Å²) < 4.78 is 11.8. The number of nitrogens with zero attached hydrogens (tertiary/aromatic N) is 1. The fourth-order valence-electron chi connectivity index (χ4n) is 4.15. The number of benzene rings is 3. The Bertz CT molecular complexity index is 1050. The highest BCUT2D eigenvalue weighted by Gasteiger charge is 2.15. The van der Waals surface area contributed by atoms with Gasteiger partial charge in [0.15, 0.2) is 11.5 Å². The molecule has 0 unspecified atom stereocenters. The Kier molecular flexibility index (Phi) is 7.43. The first-order valence-electron chi connectivity index (χ1n) is 11.3. The van der Waals surface area contributed by atoms with Gasteiger partial charge in [0.05, 0.1) is 17.8 Å². The first-order chi connectivity index (χ1) is 15.7. The third-order valence-electron chi connectivity index (χ3n) is 6.04. The van der Waals surface area contributed by atoms with Gasteiger partial charge in [0.25, 0.3) is 0 Å². The van der Waals surface area contributed by atoms with E-state index in [1.165, 1.54) is 24.8 Å². The zero-order valence-corrected chi connectivity index (χ0v) is 19.6. The van der Waals surface area contributed by atoms with Gasteiger partial charge >= 0.3 is 0 Å². The Labute approximate surface area is 196 Å². The first kappa shape index (κ1) is 22.3. The molecule has 0 amide bonds. The number of anilines is 2. The third-order valence-corrected chi connectivity index (χ3v) is 6.34. The molecule has 1 N–H and O–H groups in total. The summed E-state index contributed by atoms with van der Waals surface area (Å²) in [5.74, 6) is 1.50. The average molecular weight is 451 g/mol. The van der Waals surface area contributed by atoms with Crippen molar-refractivity contribution in [3.05, 3.63) is 82.4 Å². The summed E-state index contributed by atoms with van der Waals surface area (Å²) in [4.78, 5) is 2.38. The molecule has 32 heavy (non-hydrogen) atoms. The van der Waals surface area contributed by atoms with Gasteiger partial charge in [-0.05, 0) is 61.6 Å². The van der Waals surface area contributed by atoms with E-state index in [4.69, 9.17) is 21.1 Å². The van der Waals surface area contributed by atoms with Crippen LogP contribution in [0.15, 0.2) is 60.7 Å². The van der Waals surface area contributed by atoms with Crippen LogP contribution in [0, 0.1) is 6.92 Å². The van der Waals surface area contributed by atoms with Crippen LogP contribution in [0.3, 0.4) is 0 Å². The summed E-state index contributed by atoms with van der Waals surface area (Å²) in [5, 5.41) is 4.29. The molecule has 0 bridgehead atoms. The highest BCUT2D eigenvalue weighted by Crippen LogP contribution is 2.34. The van der Waals surface area contributed by atoms with E-state index >= 15 is 0 Å². The van der Waals surface area contributed by atoms with Crippen molar-refractivity contribution in [2.24, 2.45) is 0 Å². The Morgan fingerprint density at radius 1 is 0.938 bits per heavy atom. The summed E-state index contributed by atoms with van der Waals surface area (Å²) in [6.07, 6.45) is 3.78. The van der Waals surface area contributed by atoms with Gasteiger partial charge in [0.1, 0.15) is 6.61 Å². The monoisotopic (exact) mass is 450 g/mol. The minimum atomic E-state index is 0.496. The molecule has 0 aliphatic carbocycles. The van der Waals surface area contributed by atoms with Crippen molar-refractivity contribution in [1.82, 2.24) is 0 Å². The number of aryl methyl sites for hydroxylation is 1. The van der Waals surface area contributed by atoms with E-state index in [1.54, 1.807) is 7.11 Å². The van der Waals surface area contributed by atoms with Crippen LogP contribution >= 0.6 is 11.6 Å². The summed E-state index contributed by atoms with van der Waals surface area (Å²) in [6.45, 7) is 5.37. The van der Waals surface area contributed by atoms with Crippen molar-refractivity contribution in [1.29, 1.82) is 0 Å². The second kappa shape index (κ2) is 10.6. The molecule has 0 saturated carbocycles. The maximum absolute atomic E-state index is 6.63. The minimum Gasteiger partial charge on any atom is -0.493 e. The molecule has 0 radical (unpaired) electrons. The summed E-state index contributed by atoms with van der Waals surface area (Å²) in [5.41, 5.74) is 5.53. The molecule has 1 heterocycles. The molecule has 1 aliphatic rings. The van der Waals surface area contributed by atoms with Crippen LogP contribution in [0.4, 0.5) is 11.4 Å². The fourth-order valence-corrected chi connectivity index (χ4v) is 4.45. The van der Waals surface area contributed by atoms with E-state index in [0.29, 0.717) is 13.2 Å². The van der Waals surface area contributed by atoms with Crippen LogP contribution in [0.25, 0.3) is 0 Å². The normalized spacial score (nSPS) is 13.7. The predicted octanol–water partition coefficient (Wildman–Crippen LogP) is 6.84. The Morgan fingerprint density at radius 2 is 1.72 bits per heavy atom. The summed E-state index contributed by atoms with van der Waals surface area (Å²) >= 11 is 6.63.